The van der Waals surface area contributed by atoms with Crippen molar-refractivity contribution in [3.05, 3.63) is 11.9 Å². The molecule has 0 aromatic carbocycles. The molecule has 22 heavy (non-hydrogen) atoms. The Hall–Kier alpha value is -1.47. The number of aliphatic hydroxyl groups is 1. The predicted octanol–water partition coefficient (Wildman–Crippen LogP) is -0.388. The fourth-order valence-corrected chi connectivity index (χ4v) is 3.81. The monoisotopic (exact) mass is 307 g/mol. The van der Waals surface area contributed by atoms with Crippen LogP contribution in [0.2, 0.25) is 0 Å². The van der Waals surface area contributed by atoms with Crippen LogP contribution in [0.5, 0.6) is 0 Å². The van der Waals surface area contributed by atoms with Gasteiger partial charge in [0, 0.05) is 45.9 Å². The molecule has 0 spiro atoms. The van der Waals surface area contributed by atoms with Gasteiger partial charge in [-0.1, -0.05) is 5.21 Å². The topological polar surface area (TPSA) is 74.5 Å². The molecule has 4 rings (SSSR count). The lowest BCUT2D eigenvalue weighted by atomic mass is 9.75. The Morgan fingerprint density at radius 1 is 1.50 bits per heavy atom. The molecule has 3 aliphatic heterocycles. The first-order chi connectivity index (χ1) is 10.6. The van der Waals surface area contributed by atoms with Crippen molar-refractivity contribution >= 4 is 5.91 Å². The van der Waals surface area contributed by atoms with Crippen LogP contribution in [0, 0.1) is 11.8 Å². The summed E-state index contributed by atoms with van der Waals surface area (Å²) < 4.78 is 1.87. The van der Waals surface area contributed by atoms with Gasteiger partial charge in [-0.15, -0.1) is 5.10 Å². The van der Waals surface area contributed by atoms with E-state index in [0.29, 0.717) is 18.4 Å². The Morgan fingerprint density at radius 2 is 2.32 bits per heavy atom. The second-order valence-electron chi connectivity index (χ2n) is 6.68. The van der Waals surface area contributed by atoms with Crippen molar-refractivity contribution in [3.8, 4) is 0 Å². The zero-order valence-electron chi connectivity index (χ0n) is 13.4. The SMILES string of the molecule is CN(C)C(=O)[C@H]1CN2CC[C@@H]1C[C@@H]2Cn1cc(CCO)nn1. The summed E-state index contributed by atoms with van der Waals surface area (Å²) in [4.78, 5) is 16.4. The Bertz CT molecular complexity index is 530. The molecule has 1 amide bonds. The summed E-state index contributed by atoms with van der Waals surface area (Å²) in [6.07, 6.45) is 4.64. The van der Waals surface area contributed by atoms with Crippen molar-refractivity contribution < 1.29 is 9.90 Å². The van der Waals surface area contributed by atoms with E-state index in [1.165, 1.54) is 0 Å². The van der Waals surface area contributed by atoms with Crippen LogP contribution in [0.4, 0.5) is 0 Å². The van der Waals surface area contributed by atoms with Crippen LogP contribution < -0.4 is 0 Å². The molecule has 1 unspecified atom stereocenters. The maximum atomic E-state index is 12.3. The molecular formula is C15H25N5O2. The summed E-state index contributed by atoms with van der Waals surface area (Å²) in [5.74, 6) is 0.908. The van der Waals surface area contributed by atoms with Crippen molar-refractivity contribution in [2.45, 2.75) is 31.8 Å². The van der Waals surface area contributed by atoms with E-state index in [9.17, 15) is 4.79 Å². The van der Waals surface area contributed by atoms with Gasteiger partial charge in [0.2, 0.25) is 5.91 Å². The van der Waals surface area contributed by atoms with E-state index < -0.39 is 0 Å². The highest BCUT2D eigenvalue weighted by Gasteiger charge is 2.43. The number of rotatable bonds is 5. The molecule has 1 aromatic heterocycles. The fraction of sp³-hybridized carbons (Fsp3) is 0.800. The number of piperidine rings is 3. The minimum Gasteiger partial charge on any atom is -0.396 e. The van der Waals surface area contributed by atoms with Gasteiger partial charge >= 0.3 is 0 Å². The molecule has 3 aliphatic rings. The van der Waals surface area contributed by atoms with Crippen LogP contribution in [0.15, 0.2) is 6.20 Å². The molecule has 0 radical (unpaired) electrons. The summed E-state index contributed by atoms with van der Waals surface area (Å²) in [6, 6.07) is 0.439. The van der Waals surface area contributed by atoms with E-state index in [0.717, 1.165) is 38.2 Å². The zero-order chi connectivity index (χ0) is 15.7. The number of aliphatic hydroxyl groups excluding tert-OH is 1. The van der Waals surface area contributed by atoms with E-state index >= 15 is 0 Å². The molecule has 1 aromatic rings. The maximum Gasteiger partial charge on any atom is 0.226 e. The number of hydrogen-bond acceptors (Lipinski definition) is 5. The van der Waals surface area contributed by atoms with Crippen molar-refractivity contribution in [2.75, 3.05) is 33.8 Å². The first-order valence-electron chi connectivity index (χ1n) is 8.03. The van der Waals surface area contributed by atoms with Crippen molar-refractivity contribution in [2.24, 2.45) is 11.8 Å². The lowest BCUT2D eigenvalue weighted by molar-refractivity contribution is -0.141. The Balaban J connectivity index is 1.62. The van der Waals surface area contributed by atoms with E-state index in [-0.39, 0.29) is 18.4 Å². The fourth-order valence-electron chi connectivity index (χ4n) is 3.81. The van der Waals surface area contributed by atoms with Gasteiger partial charge in [-0.05, 0) is 25.3 Å². The van der Waals surface area contributed by atoms with Gasteiger partial charge in [-0.25, -0.2) is 0 Å². The molecule has 4 atom stereocenters. The number of carbonyl (C=O) groups excluding carboxylic acids is 1. The molecule has 122 valence electrons. The Morgan fingerprint density at radius 3 is 2.95 bits per heavy atom. The molecule has 3 fully saturated rings. The second kappa shape index (κ2) is 6.34. The molecule has 3 saturated heterocycles. The van der Waals surface area contributed by atoms with Gasteiger partial charge in [0.15, 0.2) is 0 Å². The third-order valence-corrected chi connectivity index (χ3v) is 4.99. The van der Waals surface area contributed by atoms with Crippen LogP contribution in [0.1, 0.15) is 18.5 Å². The summed E-state index contributed by atoms with van der Waals surface area (Å²) in [5.41, 5.74) is 0.833. The van der Waals surface area contributed by atoms with Crippen LogP contribution >= 0.6 is 0 Å². The highest BCUT2D eigenvalue weighted by atomic mass is 16.3. The third-order valence-electron chi connectivity index (χ3n) is 4.99. The minimum absolute atomic E-state index is 0.102. The molecule has 7 heteroatoms. The van der Waals surface area contributed by atoms with E-state index in [4.69, 9.17) is 5.11 Å². The normalized spacial score (nSPS) is 30.5. The number of aromatic nitrogens is 3. The average molecular weight is 307 g/mol. The number of nitrogens with zero attached hydrogens (tertiary/aromatic N) is 5. The molecule has 7 nitrogen and oxygen atoms in total. The molecule has 4 heterocycles. The minimum atomic E-state index is 0.102. The molecule has 0 saturated carbocycles. The number of amides is 1. The number of fused-ring (bicyclic) bond motifs is 3. The average Bonchev–Trinajstić information content (AvgIpc) is 2.94. The predicted molar refractivity (Wildman–Crippen MR) is 81.1 cm³/mol. The highest BCUT2D eigenvalue weighted by molar-refractivity contribution is 5.79. The van der Waals surface area contributed by atoms with E-state index in [1.54, 1.807) is 4.90 Å². The third kappa shape index (κ3) is 3.01. The largest absolute Gasteiger partial charge is 0.396 e. The first-order valence-corrected chi connectivity index (χ1v) is 8.03. The summed E-state index contributed by atoms with van der Waals surface area (Å²) in [6.45, 7) is 2.86. The number of carbonyl (C=O) groups is 1. The second-order valence-corrected chi connectivity index (χ2v) is 6.68. The Kier molecular flexibility index (Phi) is 4.44. The van der Waals surface area contributed by atoms with Gasteiger partial charge in [-0.3, -0.25) is 14.4 Å². The highest BCUT2D eigenvalue weighted by Crippen LogP contribution is 2.37. The van der Waals surface area contributed by atoms with Gasteiger partial charge in [0.1, 0.15) is 0 Å². The standard InChI is InChI=1S/C15H25N5O2/c1-18(2)15(22)14-10-19-5-3-11(14)7-13(19)9-20-8-12(4-6-21)16-17-20/h8,11,13-14,21H,3-7,9-10H2,1-2H3/t11-,13-,14+/m1/s1. The summed E-state index contributed by atoms with van der Waals surface area (Å²) >= 11 is 0. The van der Waals surface area contributed by atoms with Gasteiger partial charge < -0.3 is 10.0 Å². The van der Waals surface area contributed by atoms with Crippen molar-refractivity contribution in [1.29, 1.82) is 0 Å². The zero-order valence-corrected chi connectivity index (χ0v) is 13.4. The molecular weight excluding hydrogens is 282 g/mol. The van der Waals surface area contributed by atoms with Crippen LogP contribution in [0.3, 0.4) is 0 Å². The van der Waals surface area contributed by atoms with Gasteiger partial charge in [0.05, 0.1) is 18.2 Å². The van der Waals surface area contributed by atoms with E-state index in [1.807, 2.05) is 25.0 Å². The first kappa shape index (κ1) is 15.4. The van der Waals surface area contributed by atoms with Crippen LogP contribution in [-0.4, -0.2) is 75.6 Å². The van der Waals surface area contributed by atoms with Crippen molar-refractivity contribution in [3.63, 3.8) is 0 Å². The smallest absolute Gasteiger partial charge is 0.226 e. The van der Waals surface area contributed by atoms with Crippen molar-refractivity contribution in [1.82, 2.24) is 24.8 Å². The van der Waals surface area contributed by atoms with Gasteiger partial charge in [0.25, 0.3) is 0 Å². The quantitative estimate of drug-likeness (QED) is 0.802. The lowest BCUT2D eigenvalue weighted by Crippen LogP contribution is -2.57. The van der Waals surface area contributed by atoms with Gasteiger partial charge in [-0.2, -0.15) is 0 Å². The molecule has 0 aliphatic carbocycles. The van der Waals surface area contributed by atoms with Crippen LogP contribution in [-0.2, 0) is 17.8 Å². The maximum absolute atomic E-state index is 12.3. The molecule has 2 bridgehead atoms. The summed E-state index contributed by atoms with van der Waals surface area (Å²) in [7, 11) is 3.69. The number of hydrogen-bond donors (Lipinski definition) is 1. The Labute approximate surface area is 130 Å². The van der Waals surface area contributed by atoms with Crippen LogP contribution in [0.25, 0.3) is 0 Å². The van der Waals surface area contributed by atoms with E-state index in [2.05, 4.69) is 15.2 Å². The lowest BCUT2D eigenvalue weighted by Gasteiger charge is -2.49. The summed E-state index contributed by atoms with van der Waals surface area (Å²) in [5, 5.41) is 17.2. The molecule has 1 N–H and O–H groups in total.